The highest BCUT2D eigenvalue weighted by Gasteiger charge is 2.17. The third-order valence-corrected chi connectivity index (χ3v) is 3.38. The Bertz CT molecular complexity index is 701. The second-order valence-electron chi connectivity index (χ2n) is 5.00. The van der Waals surface area contributed by atoms with E-state index in [0.717, 1.165) is 0 Å². The van der Waals surface area contributed by atoms with Gasteiger partial charge in [0, 0.05) is 12.2 Å². The van der Waals surface area contributed by atoms with E-state index in [2.05, 4.69) is 0 Å². The number of aliphatic hydroxyl groups excluding tert-OH is 1. The van der Waals surface area contributed by atoms with E-state index in [1.54, 1.807) is 30.3 Å². The summed E-state index contributed by atoms with van der Waals surface area (Å²) in [5, 5.41) is 18.9. The van der Waals surface area contributed by atoms with E-state index in [0.29, 0.717) is 11.3 Å². The number of carbonyl (C=O) groups is 2. The van der Waals surface area contributed by atoms with Gasteiger partial charge in [-0.3, -0.25) is 9.59 Å². The van der Waals surface area contributed by atoms with E-state index in [4.69, 9.17) is 10.8 Å². The molecule has 23 heavy (non-hydrogen) atoms. The third-order valence-electron chi connectivity index (χ3n) is 3.38. The molecule has 0 aliphatic carbocycles. The van der Waals surface area contributed by atoms with Crippen LogP contribution in [0.1, 0.15) is 15.9 Å². The lowest BCUT2D eigenvalue weighted by Crippen LogP contribution is -2.34. The largest absolute Gasteiger partial charge is 0.507 e. The van der Waals surface area contributed by atoms with Crippen molar-refractivity contribution < 1.29 is 19.8 Å². The molecule has 0 aromatic heterocycles. The fourth-order valence-corrected chi connectivity index (χ4v) is 2.27. The summed E-state index contributed by atoms with van der Waals surface area (Å²) in [7, 11) is 0. The molecular weight excluding hydrogens is 296 g/mol. The minimum absolute atomic E-state index is 0.0106. The van der Waals surface area contributed by atoms with Crippen molar-refractivity contribution in [1.29, 1.82) is 0 Å². The predicted molar refractivity (Wildman–Crippen MR) is 86.2 cm³/mol. The first-order valence-corrected chi connectivity index (χ1v) is 7.11. The van der Waals surface area contributed by atoms with Gasteiger partial charge in [-0.05, 0) is 29.8 Å². The van der Waals surface area contributed by atoms with E-state index in [1.165, 1.54) is 17.0 Å². The number of hydrogen-bond donors (Lipinski definition) is 3. The topological polar surface area (TPSA) is 104 Å². The number of primary amides is 1. The number of carbonyl (C=O) groups excluding carboxylic acids is 2. The van der Waals surface area contributed by atoms with E-state index in [9.17, 15) is 14.7 Å². The molecule has 2 rings (SSSR count). The van der Waals surface area contributed by atoms with Gasteiger partial charge in [0.1, 0.15) is 5.75 Å². The van der Waals surface area contributed by atoms with Crippen molar-refractivity contribution in [3.8, 4) is 5.75 Å². The van der Waals surface area contributed by atoms with E-state index < -0.39 is 5.91 Å². The molecule has 0 heterocycles. The first kappa shape index (κ1) is 16.5. The second-order valence-corrected chi connectivity index (χ2v) is 5.00. The quantitative estimate of drug-likeness (QED) is 0.741. The predicted octanol–water partition coefficient (Wildman–Crippen LogP) is 1.06. The van der Waals surface area contributed by atoms with Crippen LogP contribution < -0.4 is 10.6 Å². The summed E-state index contributed by atoms with van der Waals surface area (Å²) < 4.78 is 0. The lowest BCUT2D eigenvalue weighted by atomic mass is 10.1. The Balaban J connectivity index is 2.19. The van der Waals surface area contributed by atoms with Crippen molar-refractivity contribution in [3.05, 3.63) is 59.7 Å². The summed E-state index contributed by atoms with van der Waals surface area (Å²) in [6.07, 6.45) is 0.0293. The molecule has 0 fully saturated rings. The summed E-state index contributed by atoms with van der Waals surface area (Å²) >= 11 is 0. The molecule has 0 radical (unpaired) electrons. The number of benzene rings is 2. The van der Waals surface area contributed by atoms with Gasteiger partial charge >= 0.3 is 0 Å². The molecule has 0 atom stereocenters. The maximum Gasteiger partial charge on any atom is 0.252 e. The summed E-state index contributed by atoms with van der Waals surface area (Å²) in [4.78, 5) is 25.0. The van der Waals surface area contributed by atoms with Gasteiger partial charge < -0.3 is 20.8 Å². The first-order chi connectivity index (χ1) is 11.0. The minimum atomic E-state index is -0.730. The smallest absolute Gasteiger partial charge is 0.252 e. The number of nitrogens with two attached hydrogens (primary N) is 1. The molecule has 0 spiro atoms. The van der Waals surface area contributed by atoms with Gasteiger partial charge in [-0.2, -0.15) is 0 Å². The van der Waals surface area contributed by atoms with Gasteiger partial charge in [0.25, 0.3) is 5.91 Å². The molecule has 0 saturated carbocycles. The van der Waals surface area contributed by atoms with Gasteiger partial charge in [0.15, 0.2) is 0 Å². The maximum atomic E-state index is 12.5. The van der Waals surface area contributed by atoms with Crippen LogP contribution in [0, 0.1) is 0 Å². The van der Waals surface area contributed by atoms with Crippen molar-refractivity contribution in [2.45, 2.75) is 6.42 Å². The van der Waals surface area contributed by atoms with Crippen LogP contribution in [0.3, 0.4) is 0 Å². The minimum Gasteiger partial charge on any atom is -0.507 e. The van der Waals surface area contributed by atoms with Crippen molar-refractivity contribution in [1.82, 2.24) is 0 Å². The van der Waals surface area contributed by atoms with Crippen molar-refractivity contribution in [3.63, 3.8) is 0 Å². The van der Waals surface area contributed by atoms with Gasteiger partial charge in [-0.15, -0.1) is 0 Å². The molecule has 6 heteroatoms. The SMILES string of the molecule is NC(=O)c1ccc(CC(=O)N(CCO)c2ccccc2)cc1O. The normalized spacial score (nSPS) is 10.3. The Kier molecular flexibility index (Phi) is 5.32. The number of amides is 2. The molecule has 120 valence electrons. The first-order valence-electron chi connectivity index (χ1n) is 7.11. The summed E-state index contributed by atoms with van der Waals surface area (Å²) in [5.74, 6) is -1.21. The lowest BCUT2D eigenvalue weighted by molar-refractivity contribution is -0.118. The molecule has 0 aliphatic rings. The number of rotatable bonds is 6. The highest BCUT2D eigenvalue weighted by Crippen LogP contribution is 2.20. The fourth-order valence-electron chi connectivity index (χ4n) is 2.27. The van der Waals surface area contributed by atoms with Gasteiger partial charge in [0.2, 0.25) is 5.91 Å². The maximum absolute atomic E-state index is 12.5. The van der Waals surface area contributed by atoms with Crippen molar-refractivity contribution in [2.24, 2.45) is 5.73 Å². The molecule has 6 nitrogen and oxygen atoms in total. The number of para-hydroxylation sites is 1. The van der Waals surface area contributed by atoms with Crippen LogP contribution in [0.2, 0.25) is 0 Å². The summed E-state index contributed by atoms with van der Waals surface area (Å²) in [6.45, 7) is 0.0146. The van der Waals surface area contributed by atoms with Crippen LogP contribution in [-0.2, 0) is 11.2 Å². The van der Waals surface area contributed by atoms with Crippen LogP contribution in [0.25, 0.3) is 0 Å². The molecule has 2 aromatic rings. The average molecular weight is 314 g/mol. The van der Waals surface area contributed by atoms with Crippen molar-refractivity contribution >= 4 is 17.5 Å². The number of anilines is 1. The molecule has 0 aliphatic heterocycles. The molecule has 0 unspecified atom stereocenters. The highest BCUT2D eigenvalue weighted by molar-refractivity contribution is 5.97. The number of nitrogens with zero attached hydrogens (tertiary/aromatic N) is 1. The van der Waals surface area contributed by atoms with E-state index in [1.807, 2.05) is 6.07 Å². The van der Waals surface area contributed by atoms with Crippen LogP contribution in [0.15, 0.2) is 48.5 Å². The Morgan fingerprint density at radius 2 is 1.78 bits per heavy atom. The zero-order valence-electron chi connectivity index (χ0n) is 12.5. The van der Waals surface area contributed by atoms with Crippen molar-refractivity contribution in [2.75, 3.05) is 18.1 Å². The van der Waals surface area contributed by atoms with Gasteiger partial charge in [0.05, 0.1) is 18.6 Å². The van der Waals surface area contributed by atoms with E-state index in [-0.39, 0.29) is 36.8 Å². The fraction of sp³-hybridized carbons (Fsp3) is 0.176. The van der Waals surface area contributed by atoms with Crippen LogP contribution in [0.4, 0.5) is 5.69 Å². The van der Waals surface area contributed by atoms with Crippen LogP contribution in [0.5, 0.6) is 5.75 Å². The molecular formula is C17H18N2O4. The van der Waals surface area contributed by atoms with Gasteiger partial charge in [-0.1, -0.05) is 24.3 Å². The molecule has 4 N–H and O–H groups in total. The molecule has 2 aromatic carbocycles. The van der Waals surface area contributed by atoms with Gasteiger partial charge in [-0.25, -0.2) is 0 Å². The lowest BCUT2D eigenvalue weighted by Gasteiger charge is -2.22. The highest BCUT2D eigenvalue weighted by atomic mass is 16.3. The monoisotopic (exact) mass is 314 g/mol. The molecule has 0 bridgehead atoms. The number of aliphatic hydroxyl groups is 1. The Morgan fingerprint density at radius 3 is 2.35 bits per heavy atom. The summed E-state index contributed by atoms with van der Waals surface area (Å²) in [6, 6.07) is 13.3. The summed E-state index contributed by atoms with van der Waals surface area (Å²) in [5.41, 5.74) is 6.38. The second kappa shape index (κ2) is 7.42. The zero-order chi connectivity index (χ0) is 16.8. The number of hydrogen-bond acceptors (Lipinski definition) is 4. The Hall–Kier alpha value is -2.86. The van der Waals surface area contributed by atoms with E-state index >= 15 is 0 Å². The van der Waals surface area contributed by atoms with Crippen LogP contribution in [-0.4, -0.2) is 35.2 Å². The standard InChI is InChI=1S/C17H18N2O4/c18-17(23)14-7-6-12(10-15(14)21)11-16(22)19(8-9-20)13-4-2-1-3-5-13/h1-7,10,20-21H,8-9,11H2,(H2,18,23). The Labute approximate surface area is 133 Å². The zero-order valence-corrected chi connectivity index (χ0v) is 12.5. The number of aromatic hydroxyl groups is 1. The number of phenols is 1. The van der Waals surface area contributed by atoms with Crippen LogP contribution >= 0.6 is 0 Å². The molecule has 0 saturated heterocycles. The average Bonchev–Trinajstić information content (AvgIpc) is 2.53. The Morgan fingerprint density at radius 1 is 1.09 bits per heavy atom. The third kappa shape index (κ3) is 4.08. The molecule has 2 amide bonds.